The van der Waals surface area contributed by atoms with Crippen LogP contribution in [-0.2, 0) is 29.2 Å². The van der Waals surface area contributed by atoms with Gasteiger partial charge < -0.3 is 10.2 Å². The quantitative estimate of drug-likeness (QED) is 0.197. The lowest BCUT2D eigenvalue weighted by Crippen LogP contribution is -2.57. The molecule has 11 unspecified atom stereocenters. The average Bonchev–Trinajstić information content (AvgIpc) is 3.19. The van der Waals surface area contributed by atoms with E-state index in [1.807, 2.05) is 6.92 Å². The maximum absolute atomic E-state index is 11.5. The van der Waals surface area contributed by atoms with Gasteiger partial charge in [-0.25, -0.2) is 8.37 Å². The Morgan fingerprint density at radius 1 is 1.00 bits per heavy atom. The Kier molecular flexibility index (Phi) is 9.55. The van der Waals surface area contributed by atoms with Gasteiger partial charge in [-0.15, -0.1) is 0 Å². The molecule has 0 heterocycles. The normalized spacial score (nSPS) is 41.4. The van der Waals surface area contributed by atoms with E-state index in [2.05, 4.69) is 20.4 Å². The third-order valence-electron chi connectivity index (χ3n) is 11.8. The molecule has 12 heteroatoms. The van der Waals surface area contributed by atoms with E-state index in [0.717, 1.165) is 44.1 Å². The molecule has 4 saturated carbocycles. The molecule has 4 fully saturated rings. The summed E-state index contributed by atoms with van der Waals surface area (Å²) in [5, 5.41) is 20.4. The molecule has 4 rings (SSSR count). The zero-order chi connectivity index (χ0) is 29.7. The molecule has 232 valence electrons. The van der Waals surface area contributed by atoms with Crippen LogP contribution in [0.15, 0.2) is 12.2 Å². The Balaban J connectivity index is 1.52. The number of aliphatic hydroxyl groups is 2. The molecule has 0 radical (unpaired) electrons. The van der Waals surface area contributed by atoms with Crippen LogP contribution in [-0.4, -0.2) is 61.6 Å². The molecule has 0 amide bonds. The molecule has 10 nitrogen and oxygen atoms in total. The molecule has 0 saturated heterocycles. The van der Waals surface area contributed by atoms with Crippen molar-refractivity contribution >= 4 is 20.8 Å². The highest BCUT2D eigenvalue weighted by Crippen LogP contribution is 2.68. The van der Waals surface area contributed by atoms with E-state index in [-0.39, 0.29) is 47.7 Å². The summed E-state index contributed by atoms with van der Waals surface area (Å²) in [5.41, 5.74) is 0.735. The number of hydrogen-bond acceptors (Lipinski definition) is 8. The van der Waals surface area contributed by atoms with Gasteiger partial charge in [0.15, 0.2) is 0 Å². The molecule has 4 N–H and O–H groups in total. The molecule has 0 aliphatic heterocycles. The molecule has 0 aromatic carbocycles. The Morgan fingerprint density at radius 2 is 1.68 bits per heavy atom. The van der Waals surface area contributed by atoms with Crippen molar-refractivity contribution in [3.8, 4) is 0 Å². The fourth-order valence-electron chi connectivity index (χ4n) is 9.65. The van der Waals surface area contributed by atoms with Crippen LogP contribution < -0.4 is 0 Å². The van der Waals surface area contributed by atoms with Crippen molar-refractivity contribution < 1.29 is 44.5 Å². The number of fused-ring (bicyclic) bond motifs is 5. The van der Waals surface area contributed by atoms with Gasteiger partial charge in [0.2, 0.25) is 0 Å². The summed E-state index contributed by atoms with van der Waals surface area (Å²) >= 11 is 0. The summed E-state index contributed by atoms with van der Waals surface area (Å²) < 4.78 is 74.0. The van der Waals surface area contributed by atoms with Gasteiger partial charge in [-0.3, -0.25) is 9.11 Å². The van der Waals surface area contributed by atoms with Crippen molar-refractivity contribution in [2.75, 3.05) is 13.2 Å². The summed E-state index contributed by atoms with van der Waals surface area (Å²) in [6.07, 6.45) is 6.05. The zero-order valence-electron chi connectivity index (χ0n) is 23.9. The van der Waals surface area contributed by atoms with Gasteiger partial charge in [0.25, 0.3) is 0 Å². The summed E-state index contributed by atoms with van der Waals surface area (Å²) in [6.45, 7) is 10.5. The fraction of sp³-hybridized carbons (Fsp3) is 0.929. The second kappa shape index (κ2) is 11.8. The van der Waals surface area contributed by atoms with Gasteiger partial charge in [0.05, 0.1) is 12.7 Å². The SMILES string of the molecule is C=C(CCC(COS(=O)(=O)O)C1CCC2C3CCC4CC(OS(=O)(=O)O)C(O)CC4(C)C3CCC12C)C(C)CO. The molecule has 0 spiro atoms. The Hall–Kier alpha value is -0.600. The minimum atomic E-state index is -4.64. The largest absolute Gasteiger partial charge is 0.397 e. The van der Waals surface area contributed by atoms with Crippen molar-refractivity contribution in [3.05, 3.63) is 12.2 Å². The summed E-state index contributed by atoms with van der Waals surface area (Å²) in [6, 6.07) is 0. The highest BCUT2D eigenvalue weighted by atomic mass is 32.3. The Labute approximate surface area is 239 Å². The summed E-state index contributed by atoms with van der Waals surface area (Å²) in [5.74, 6) is 1.54. The predicted molar refractivity (Wildman–Crippen MR) is 149 cm³/mol. The lowest BCUT2D eigenvalue weighted by atomic mass is 9.44. The lowest BCUT2D eigenvalue weighted by molar-refractivity contribution is -0.157. The molecule has 0 bridgehead atoms. The van der Waals surface area contributed by atoms with E-state index in [9.17, 15) is 36.2 Å². The molecule has 0 aromatic heterocycles. The van der Waals surface area contributed by atoms with Gasteiger partial charge in [-0.2, -0.15) is 16.8 Å². The van der Waals surface area contributed by atoms with Crippen LogP contribution in [0.1, 0.15) is 85.0 Å². The zero-order valence-corrected chi connectivity index (χ0v) is 25.6. The van der Waals surface area contributed by atoms with Crippen LogP contribution >= 0.6 is 0 Å². The minimum absolute atomic E-state index is 0.00838. The van der Waals surface area contributed by atoms with Crippen molar-refractivity contribution in [1.29, 1.82) is 0 Å². The molecule has 4 aliphatic rings. The second-order valence-electron chi connectivity index (χ2n) is 13.7. The third kappa shape index (κ3) is 6.64. The van der Waals surface area contributed by atoms with Crippen LogP contribution in [0.25, 0.3) is 0 Å². The lowest BCUT2D eigenvalue weighted by Gasteiger charge is -2.62. The second-order valence-corrected chi connectivity index (χ2v) is 15.8. The van der Waals surface area contributed by atoms with Crippen molar-refractivity contribution in [1.82, 2.24) is 0 Å². The average molecular weight is 609 g/mol. The van der Waals surface area contributed by atoms with E-state index in [1.165, 1.54) is 0 Å². The highest BCUT2D eigenvalue weighted by molar-refractivity contribution is 7.81. The van der Waals surface area contributed by atoms with Crippen molar-refractivity contribution in [3.63, 3.8) is 0 Å². The maximum atomic E-state index is 11.5. The van der Waals surface area contributed by atoms with E-state index in [0.29, 0.717) is 43.4 Å². The minimum Gasteiger partial charge on any atom is -0.396 e. The smallest absolute Gasteiger partial charge is 0.396 e. The first-order valence-electron chi connectivity index (χ1n) is 14.7. The van der Waals surface area contributed by atoms with E-state index in [4.69, 9.17) is 8.37 Å². The van der Waals surface area contributed by atoms with Crippen molar-refractivity contribution in [2.24, 2.45) is 52.3 Å². The maximum Gasteiger partial charge on any atom is 0.397 e. The van der Waals surface area contributed by atoms with Gasteiger partial charge in [0, 0.05) is 6.61 Å². The highest BCUT2D eigenvalue weighted by Gasteiger charge is 2.62. The van der Waals surface area contributed by atoms with E-state index in [1.54, 1.807) is 0 Å². The van der Waals surface area contributed by atoms with Gasteiger partial charge in [0.1, 0.15) is 6.10 Å². The third-order valence-corrected chi connectivity index (χ3v) is 12.7. The van der Waals surface area contributed by atoms with Crippen LogP contribution in [0, 0.1) is 52.3 Å². The number of aliphatic hydroxyl groups excluding tert-OH is 2. The first-order valence-corrected chi connectivity index (χ1v) is 17.5. The Bertz CT molecular complexity index is 1140. The monoisotopic (exact) mass is 608 g/mol. The van der Waals surface area contributed by atoms with Gasteiger partial charge in [-0.05, 0) is 116 Å². The first kappa shape index (κ1) is 32.3. The number of hydrogen-bond donors (Lipinski definition) is 4. The van der Waals surface area contributed by atoms with Crippen LogP contribution in [0.3, 0.4) is 0 Å². The molecular weight excluding hydrogens is 560 g/mol. The first-order chi connectivity index (χ1) is 18.5. The van der Waals surface area contributed by atoms with E-state index >= 15 is 0 Å². The van der Waals surface area contributed by atoms with Gasteiger partial charge >= 0.3 is 20.8 Å². The fourth-order valence-corrected chi connectivity index (χ4v) is 10.5. The molecule has 40 heavy (non-hydrogen) atoms. The van der Waals surface area contributed by atoms with Gasteiger partial charge in [-0.1, -0.05) is 32.9 Å². The molecule has 4 aliphatic carbocycles. The van der Waals surface area contributed by atoms with Crippen LogP contribution in [0.4, 0.5) is 0 Å². The van der Waals surface area contributed by atoms with Crippen LogP contribution in [0.2, 0.25) is 0 Å². The summed E-state index contributed by atoms with van der Waals surface area (Å²) in [7, 11) is -9.21. The Morgan fingerprint density at radius 3 is 2.30 bits per heavy atom. The van der Waals surface area contributed by atoms with Crippen molar-refractivity contribution in [2.45, 2.75) is 97.2 Å². The predicted octanol–water partition coefficient (Wildman–Crippen LogP) is 4.20. The molecular formula is C28H48O10S2. The summed E-state index contributed by atoms with van der Waals surface area (Å²) in [4.78, 5) is 0. The van der Waals surface area contributed by atoms with E-state index < -0.39 is 33.0 Å². The molecule has 0 aromatic rings. The topological polar surface area (TPSA) is 168 Å². The number of rotatable bonds is 11. The van der Waals surface area contributed by atoms with Crippen LogP contribution in [0.5, 0.6) is 0 Å². The standard InChI is InChI=1S/C28H48O10S2/c1-17(18(2)15-29)5-6-19(16-37-39(31,32)33)22-9-10-23-21-8-7-20-13-26(38-40(34,35)36)25(30)14-28(20,4)24(21)11-12-27(22,23)3/h18-26,29-30H,1,5-16H2,2-4H3,(H,31,32,33)(H,34,35,36). The molecule has 11 atom stereocenters.